The third-order valence-electron chi connectivity index (χ3n) is 3.08. The van der Waals surface area contributed by atoms with Crippen LogP contribution in [0.4, 0.5) is 5.82 Å². The van der Waals surface area contributed by atoms with E-state index in [0.29, 0.717) is 5.82 Å². The Morgan fingerprint density at radius 2 is 2.25 bits per heavy atom. The van der Waals surface area contributed by atoms with E-state index in [0.717, 1.165) is 49.4 Å². The number of hydrogen-bond donors (Lipinski definition) is 1. The molecule has 1 aliphatic heterocycles. The zero-order valence-corrected chi connectivity index (χ0v) is 9.99. The molecule has 0 amide bonds. The Morgan fingerprint density at radius 1 is 1.44 bits per heavy atom. The predicted molar refractivity (Wildman–Crippen MR) is 63.2 cm³/mol. The lowest BCUT2D eigenvalue weighted by molar-refractivity contribution is 0.110. The minimum Gasteiger partial charge on any atom is -0.383 e. The maximum absolute atomic E-state index is 5.92. The Labute approximate surface area is 96.2 Å². The number of rotatable bonds is 3. The number of ether oxygens (including phenoxy) is 1. The van der Waals surface area contributed by atoms with Crippen molar-refractivity contribution in [3.63, 3.8) is 0 Å². The van der Waals surface area contributed by atoms with Crippen molar-refractivity contribution >= 4 is 5.82 Å². The summed E-state index contributed by atoms with van der Waals surface area (Å²) >= 11 is 0. The maximum atomic E-state index is 5.92. The topological polar surface area (TPSA) is 61.0 Å². The second kappa shape index (κ2) is 4.78. The number of nitrogen functional groups attached to an aromatic ring is 1. The third-order valence-corrected chi connectivity index (χ3v) is 3.08. The molecule has 0 aliphatic carbocycles. The van der Waals surface area contributed by atoms with Crippen molar-refractivity contribution in [2.45, 2.75) is 45.6 Å². The number of anilines is 1. The molecule has 2 rings (SSSR count). The predicted octanol–water partition coefficient (Wildman–Crippen LogP) is 1.65. The number of hydrogen-bond acceptors (Lipinski definition) is 4. The number of aryl methyl sites for hydroxylation is 1. The molecule has 0 spiro atoms. The zero-order valence-electron chi connectivity index (χ0n) is 9.99. The summed E-state index contributed by atoms with van der Waals surface area (Å²) in [5.41, 5.74) is 7.98. The fourth-order valence-electron chi connectivity index (χ4n) is 2.22. The van der Waals surface area contributed by atoms with Gasteiger partial charge in [0.05, 0.1) is 6.10 Å². The summed E-state index contributed by atoms with van der Waals surface area (Å²) in [6.07, 6.45) is 4.21. The van der Waals surface area contributed by atoms with Crippen molar-refractivity contribution in [3.8, 4) is 0 Å². The van der Waals surface area contributed by atoms with Crippen LogP contribution in [0.5, 0.6) is 0 Å². The van der Waals surface area contributed by atoms with E-state index in [1.807, 2.05) is 6.92 Å². The SMILES string of the molecule is CCc1c(C)nc(CC2CCCO2)nc1N. The molecule has 1 atom stereocenters. The molecule has 0 bridgehead atoms. The van der Waals surface area contributed by atoms with Crippen molar-refractivity contribution in [1.82, 2.24) is 9.97 Å². The van der Waals surface area contributed by atoms with Crippen LogP contribution in [-0.2, 0) is 17.6 Å². The molecule has 1 aliphatic rings. The average molecular weight is 221 g/mol. The van der Waals surface area contributed by atoms with Gasteiger partial charge in [0.2, 0.25) is 0 Å². The second-order valence-electron chi connectivity index (χ2n) is 4.28. The van der Waals surface area contributed by atoms with Gasteiger partial charge in [-0.1, -0.05) is 6.92 Å². The molecule has 88 valence electrons. The van der Waals surface area contributed by atoms with Crippen molar-refractivity contribution < 1.29 is 4.74 Å². The van der Waals surface area contributed by atoms with Gasteiger partial charge in [-0.3, -0.25) is 0 Å². The normalized spacial score (nSPS) is 20.2. The van der Waals surface area contributed by atoms with Crippen LogP contribution in [0.25, 0.3) is 0 Å². The molecule has 4 nitrogen and oxygen atoms in total. The minimum atomic E-state index is 0.284. The molecule has 0 saturated carbocycles. The van der Waals surface area contributed by atoms with Crippen molar-refractivity contribution in [3.05, 3.63) is 17.1 Å². The average Bonchev–Trinajstić information content (AvgIpc) is 2.70. The first kappa shape index (κ1) is 11.3. The van der Waals surface area contributed by atoms with Gasteiger partial charge in [-0.25, -0.2) is 9.97 Å². The quantitative estimate of drug-likeness (QED) is 0.843. The highest BCUT2D eigenvalue weighted by atomic mass is 16.5. The van der Waals surface area contributed by atoms with Gasteiger partial charge in [0, 0.05) is 24.3 Å². The fraction of sp³-hybridized carbons (Fsp3) is 0.667. The van der Waals surface area contributed by atoms with Gasteiger partial charge >= 0.3 is 0 Å². The molecular weight excluding hydrogens is 202 g/mol. The van der Waals surface area contributed by atoms with E-state index < -0.39 is 0 Å². The summed E-state index contributed by atoms with van der Waals surface area (Å²) in [6, 6.07) is 0. The molecule has 4 heteroatoms. The fourth-order valence-corrected chi connectivity index (χ4v) is 2.22. The van der Waals surface area contributed by atoms with E-state index in [2.05, 4.69) is 16.9 Å². The van der Waals surface area contributed by atoms with Gasteiger partial charge in [-0.2, -0.15) is 0 Å². The first-order chi connectivity index (χ1) is 7.70. The Balaban J connectivity index is 2.15. The molecule has 0 radical (unpaired) electrons. The Kier molecular flexibility index (Phi) is 3.39. The third kappa shape index (κ3) is 2.32. The largest absolute Gasteiger partial charge is 0.383 e. The van der Waals surface area contributed by atoms with Crippen LogP contribution in [0.3, 0.4) is 0 Å². The summed E-state index contributed by atoms with van der Waals surface area (Å²) in [5, 5.41) is 0. The van der Waals surface area contributed by atoms with E-state index in [9.17, 15) is 0 Å². The van der Waals surface area contributed by atoms with E-state index in [-0.39, 0.29) is 6.10 Å². The molecule has 0 aromatic carbocycles. The van der Waals surface area contributed by atoms with Crippen LogP contribution in [0.1, 0.15) is 36.8 Å². The van der Waals surface area contributed by atoms with Crippen LogP contribution in [0.15, 0.2) is 0 Å². The van der Waals surface area contributed by atoms with Gasteiger partial charge in [0.15, 0.2) is 0 Å². The maximum Gasteiger partial charge on any atom is 0.133 e. The van der Waals surface area contributed by atoms with Crippen LogP contribution in [0.2, 0.25) is 0 Å². The molecule has 1 saturated heterocycles. The molecule has 2 heterocycles. The standard InChI is InChI=1S/C12H19N3O/c1-3-10-8(2)14-11(15-12(10)13)7-9-5-4-6-16-9/h9H,3-7H2,1-2H3,(H2,13,14,15). The Bertz CT molecular complexity index is 350. The van der Waals surface area contributed by atoms with E-state index in [1.165, 1.54) is 0 Å². The monoisotopic (exact) mass is 221 g/mol. The lowest BCUT2D eigenvalue weighted by atomic mass is 10.1. The lowest BCUT2D eigenvalue weighted by Crippen LogP contribution is -2.14. The highest BCUT2D eigenvalue weighted by molar-refractivity contribution is 5.41. The van der Waals surface area contributed by atoms with Crippen LogP contribution in [0, 0.1) is 6.92 Å². The Morgan fingerprint density at radius 3 is 2.81 bits per heavy atom. The molecule has 1 aromatic rings. The van der Waals surface area contributed by atoms with Crippen molar-refractivity contribution in [2.75, 3.05) is 12.3 Å². The highest BCUT2D eigenvalue weighted by Crippen LogP contribution is 2.18. The Hall–Kier alpha value is -1.16. The van der Waals surface area contributed by atoms with Crippen LogP contribution >= 0.6 is 0 Å². The van der Waals surface area contributed by atoms with E-state index >= 15 is 0 Å². The number of nitrogens with two attached hydrogens (primary N) is 1. The molecular formula is C12H19N3O. The van der Waals surface area contributed by atoms with Gasteiger partial charge in [0.1, 0.15) is 11.6 Å². The minimum absolute atomic E-state index is 0.284. The second-order valence-corrected chi connectivity index (χ2v) is 4.28. The highest BCUT2D eigenvalue weighted by Gasteiger charge is 2.18. The van der Waals surface area contributed by atoms with E-state index in [1.54, 1.807) is 0 Å². The molecule has 16 heavy (non-hydrogen) atoms. The summed E-state index contributed by atoms with van der Waals surface area (Å²) in [4.78, 5) is 8.85. The summed E-state index contributed by atoms with van der Waals surface area (Å²) < 4.78 is 5.57. The zero-order chi connectivity index (χ0) is 11.5. The summed E-state index contributed by atoms with van der Waals surface area (Å²) in [5.74, 6) is 1.45. The molecule has 1 aromatic heterocycles. The summed E-state index contributed by atoms with van der Waals surface area (Å²) in [7, 11) is 0. The first-order valence-corrected chi connectivity index (χ1v) is 5.94. The molecule has 1 unspecified atom stereocenters. The number of aromatic nitrogens is 2. The van der Waals surface area contributed by atoms with Gasteiger partial charge in [-0.05, 0) is 26.2 Å². The van der Waals surface area contributed by atoms with Crippen molar-refractivity contribution in [2.24, 2.45) is 0 Å². The van der Waals surface area contributed by atoms with E-state index in [4.69, 9.17) is 10.5 Å². The molecule has 1 fully saturated rings. The summed E-state index contributed by atoms with van der Waals surface area (Å²) in [6.45, 7) is 4.93. The number of nitrogens with zero attached hydrogens (tertiary/aromatic N) is 2. The van der Waals surface area contributed by atoms with Gasteiger partial charge in [0.25, 0.3) is 0 Å². The van der Waals surface area contributed by atoms with Crippen molar-refractivity contribution in [1.29, 1.82) is 0 Å². The lowest BCUT2D eigenvalue weighted by Gasteiger charge is -2.11. The van der Waals surface area contributed by atoms with Crippen LogP contribution in [-0.4, -0.2) is 22.7 Å². The van der Waals surface area contributed by atoms with Crippen LogP contribution < -0.4 is 5.73 Å². The smallest absolute Gasteiger partial charge is 0.133 e. The van der Waals surface area contributed by atoms with Gasteiger partial charge < -0.3 is 10.5 Å². The van der Waals surface area contributed by atoms with Gasteiger partial charge in [-0.15, -0.1) is 0 Å². The molecule has 2 N–H and O–H groups in total. The first-order valence-electron chi connectivity index (χ1n) is 5.94.